The first-order chi connectivity index (χ1) is 7.59. The van der Waals surface area contributed by atoms with Crippen molar-refractivity contribution in [1.29, 1.82) is 0 Å². The molecule has 1 aromatic heterocycles. The highest BCUT2D eigenvalue weighted by Gasteiger charge is 2.18. The highest BCUT2D eigenvalue weighted by molar-refractivity contribution is 5.29. The van der Waals surface area contributed by atoms with Gasteiger partial charge >= 0.3 is 0 Å². The molecule has 0 bridgehead atoms. The molecule has 1 heterocycles. The number of aromatic nitrogens is 2. The zero-order valence-corrected chi connectivity index (χ0v) is 10.8. The standard InChI is InChI=1S/C12H23N3O/c1-5-6-12(2,3)14-11-13-7-8-15(11)9-10-16-4/h7-8H,5-6,9-10H2,1-4H3,(H,13,14). The first-order valence-electron chi connectivity index (χ1n) is 5.87. The molecule has 0 saturated heterocycles. The fourth-order valence-corrected chi connectivity index (χ4v) is 1.79. The summed E-state index contributed by atoms with van der Waals surface area (Å²) in [5.41, 5.74) is 0.0882. The summed E-state index contributed by atoms with van der Waals surface area (Å²) in [6.45, 7) is 8.14. The second kappa shape index (κ2) is 5.89. The van der Waals surface area contributed by atoms with E-state index in [-0.39, 0.29) is 5.54 Å². The first-order valence-corrected chi connectivity index (χ1v) is 5.87. The second-order valence-electron chi connectivity index (χ2n) is 4.70. The zero-order chi connectivity index (χ0) is 12.0. The molecule has 0 radical (unpaired) electrons. The summed E-state index contributed by atoms with van der Waals surface area (Å²) in [6.07, 6.45) is 6.09. The van der Waals surface area contributed by atoms with E-state index in [1.165, 1.54) is 6.42 Å². The molecule has 0 fully saturated rings. The van der Waals surface area contributed by atoms with Gasteiger partial charge < -0.3 is 14.6 Å². The number of methoxy groups -OCH3 is 1. The number of nitrogens with zero attached hydrogens (tertiary/aromatic N) is 2. The average molecular weight is 225 g/mol. The fourth-order valence-electron chi connectivity index (χ4n) is 1.79. The van der Waals surface area contributed by atoms with Crippen molar-refractivity contribution in [2.24, 2.45) is 0 Å². The predicted molar refractivity (Wildman–Crippen MR) is 66.7 cm³/mol. The van der Waals surface area contributed by atoms with Gasteiger partial charge in [0.25, 0.3) is 0 Å². The summed E-state index contributed by atoms with van der Waals surface area (Å²) in [5.74, 6) is 0.926. The zero-order valence-electron chi connectivity index (χ0n) is 10.8. The normalized spacial score (nSPS) is 11.8. The maximum atomic E-state index is 5.07. The van der Waals surface area contributed by atoms with Crippen LogP contribution in [0.1, 0.15) is 33.6 Å². The summed E-state index contributed by atoms with van der Waals surface area (Å²) < 4.78 is 7.16. The molecule has 1 aromatic rings. The monoisotopic (exact) mass is 225 g/mol. The number of hydrogen-bond acceptors (Lipinski definition) is 3. The van der Waals surface area contributed by atoms with Crippen LogP contribution in [0.25, 0.3) is 0 Å². The number of anilines is 1. The number of imidazole rings is 1. The Hall–Kier alpha value is -1.03. The van der Waals surface area contributed by atoms with E-state index < -0.39 is 0 Å². The minimum absolute atomic E-state index is 0.0882. The molecule has 0 saturated carbocycles. The van der Waals surface area contributed by atoms with Gasteiger partial charge in [0, 0.05) is 31.6 Å². The number of nitrogens with one attached hydrogen (secondary N) is 1. The van der Waals surface area contributed by atoms with Crippen LogP contribution in [0.3, 0.4) is 0 Å². The van der Waals surface area contributed by atoms with Gasteiger partial charge in [0.05, 0.1) is 6.61 Å². The van der Waals surface area contributed by atoms with E-state index in [0.29, 0.717) is 6.61 Å². The predicted octanol–water partition coefficient (Wildman–Crippen LogP) is 2.52. The minimum atomic E-state index is 0.0882. The van der Waals surface area contributed by atoms with E-state index in [2.05, 4.69) is 35.6 Å². The Balaban J connectivity index is 2.62. The smallest absolute Gasteiger partial charge is 0.203 e. The van der Waals surface area contributed by atoms with Gasteiger partial charge in [-0.2, -0.15) is 0 Å². The van der Waals surface area contributed by atoms with Gasteiger partial charge in [0.1, 0.15) is 0 Å². The molecule has 0 aliphatic rings. The van der Waals surface area contributed by atoms with Gasteiger partial charge in [0.2, 0.25) is 5.95 Å². The molecule has 92 valence electrons. The summed E-state index contributed by atoms with van der Waals surface area (Å²) >= 11 is 0. The molecule has 4 heteroatoms. The van der Waals surface area contributed by atoms with Crippen LogP contribution in [0.15, 0.2) is 12.4 Å². The van der Waals surface area contributed by atoms with Crippen LogP contribution in [-0.4, -0.2) is 28.8 Å². The van der Waals surface area contributed by atoms with Crippen LogP contribution in [-0.2, 0) is 11.3 Å². The molecule has 1 N–H and O–H groups in total. The van der Waals surface area contributed by atoms with Crippen molar-refractivity contribution in [3.05, 3.63) is 12.4 Å². The van der Waals surface area contributed by atoms with Gasteiger partial charge in [-0.15, -0.1) is 0 Å². The van der Waals surface area contributed by atoms with E-state index in [1.54, 1.807) is 7.11 Å². The molecule has 0 aliphatic carbocycles. The Morgan fingerprint density at radius 3 is 2.88 bits per heavy atom. The van der Waals surface area contributed by atoms with Gasteiger partial charge in [-0.25, -0.2) is 4.98 Å². The summed E-state index contributed by atoms with van der Waals surface area (Å²) in [6, 6.07) is 0. The third-order valence-corrected chi connectivity index (χ3v) is 2.58. The van der Waals surface area contributed by atoms with Gasteiger partial charge in [-0.3, -0.25) is 0 Å². The van der Waals surface area contributed by atoms with E-state index in [9.17, 15) is 0 Å². The Kier molecular flexibility index (Phi) is 4.80. The molecule has 0 unspecified atom stereocenters. The van der Waals surface area contributed by atoms with Crippen LogP contribution >= 0.6 is 0 Å². The number of rotatable bonds is 7. The fraction of sp³-hybridized carbons (Fsp3) is 0.750. The van der Waals surface area contributed by atoms with Crippen molar-refractivity contribution in [1.82, 2.24) is 9.55 Å². The lowest BCUT2D eigenvalue weighted by Gasteiger charge is -2.26. The largest absolute Gasteiger partial charge is 0.383 e. The molecule has 0 spiro atoms. The molecule has 1 rings (SSSR count). The molecular weight excluding hydrogens is 202 g/mol. The van der Waals surface area contributed by atoms with Crippen LogP contribution < -0.4 is 5.32 Å². The molecule has 16 heavy (non-hydrogen) atoms. The van der Waals surface area contributed by atoms with Crippen molar-refractivity contribution in [3.8, 4) is 0 Å². The summed E-state index contributed by atoms with van der Waals surface area (Å²) in [5, 5.41) is 3.47. The lowest BCUT2D eigenvalue weighted by atomic mass is 9.99. The maximum Gasteiger partial charge on any atom is 0.203 e. The van der Waals surface area contributed by atoms with Crippen molar-refractivity contribution >= 4 is 5.95 Å². The maximum absolute atomic E-state index is 5.07. The minimum Gasteiger partial charge on any atom is -0.383 e. The van der Waals surface area contributed by atoms with E-state index in [4.69, 9.17) is 4.74 Å². The lowest BCUT2D eigenvalue weighted by molar-refractivity contribution is 0.187. The Labute approximate surface area is 98.0 Å². The number of ether oxygens (including phenoxy) is 1. The third kappa shape index (κ3) is 3.85. The SMILES string of the molecule is CCCC(C)(C)Nc1nccn1CCOC. The van der Waals surface area contributed by atoms with Crippen LogP contribution in [0, 0.1) is 0 Å². The van der Waals surface area contributed by atoms with E-state index >= 15 is 0 Å². The highest BCUT2D eigenvalue weighted by Crippen LogP contribution is 2.18. The first kappa shape index (κ1) is 13.0. The topological polar surface area (TPSA) is 39.1 Å². The van der Waals surface area contributed by atoms with Gasteiger partial charge in [-0.05, 0) is 20.3 Å². The molecule has 0 aliphatic heterocycles. The average Bonchev–Trinajstić information content (AvgIpc) is 2.61. The number of hydrogen-bond donors (Lipinski definition) is 1. The van der Waals surface area contributed by atoms with Gasteiger partial charge in [-0.1, -0.05) is 13.3 Å². The van der Waals surface area contributed by atoms with Crippen LogP contribution in [0.4, 0.5) is 5.95 Å². The third-order valence-electron chi connectivity index (χ3n) is 2.58. The molecule has 0 atom stereocenters. The molecule has 0 aromatic carbocycles. The highest BCUT2D eigenvalue weighted by atomic mass is 16.5. The second-order valence-corrected chi connectivity index (χ2v) is 4.70. The Morgan fingerprint density at radius 2 is 2.25 bits per heavy atom. The lowest BCUT2D eigenvalue weighted by Crippen LogP contribution is -2.32. The van der Waals surface area contributed by atoms with Crippen molar-refractivity contribution in [2.45, 2.75) is 45.7 Å². The Bertz CT molecular complexity index is 307. The molecular formula is C12H23N3O. The van der Waals surface area contributed by atoms with Crippen molar-refractivity contribution in [2.75, 3.05) is 19.0 Å². The quantitative estimate of drug-likeness (QED) is 0.775. The van der Waals surface area contributed by atoms with Crippen LogP contribution in [0.5, 0.6) is 0 Å². The summed E-state index contributed by atoms with van der Waals surface area (Å²) in [4.78, 5) is 4.33. The van der Waals surface area contributed by atoms with Crippen molar-refractivity contribution < 1.29 is 4.74 Å². The van der Waals surface area contributed by atoms with E-state index in [1.807, 2.05) is 12.4 Å². The molecule has 0 amide bonds. The van der Waals surface area contributed by atoms with Crippen LogP contribution in [0.2, 0.25) is 0 Å². The van der Waals surface area contributed by atoms with E-state index in [0.717, 1.165) is 18.9 Å². The summed E-state index contributed by atoms with van der Waals surface area (Å²) in [7, 11) is 1.71. The molecule has 4 nitrogen and oxygen atoms in total. The van der Waals surface area contributed by atoms with Crippen molar-refractivity contribution in [3.63, 3.8) is 0 Å². The Morgan fingerprint density at radius 1 is 1.50 bits per heavy atom. The van der Waals surface area contributed by atoms with Gasteiger partial charge in [0.15, 0.2) is 0 Å².